The number of aromatic nitrogens is 4. The summed E-state index contributed by atoms with van der Waals surface area (Å²) in [5.74, 6) is 2.19. The second-order valence-electron chi connectivity index (χ2n) is 11.4. The normalized spacial score (nSPS) is 18.7. The predicted molar refractivity (Wildman–Crippen MR) is 167 cm³/mol. The topological polar surface area (TPSA) is 115 Å². The van der Waals surface area contributed by atoms with Gasteiger partial charge in [-0.05, 0) is 70.0 Å². The highest BCUT2D eigenvalue weighted by atomic mass is 16.5. The lowest BCUT2D eigenvalue weighted by Crippen LogP contribution is -2.42. The van der Waals surface area contributed by atoms with Gasteiger partial charge in [0.25, 0.3) is 5.91 Å². The number of nitrogens with zero attached hydrogens (tertiary/aromatic N) is 4. The third-order valence-corrected chi connectivity index (χ3v) is 8.77. The van der Waals surface area contributed by atoms with E-state index in [1.54, 1.807) is 20.4 Å². The predicted octanol–water partition coefficient (Wildman–Crippen LogP) is 5.07. The van der Waals surface area contributed by atoms with Gasteiger partial charge in [0, 0.05) is 42.9 Å². The molecule has 0 radical (unpaired) electrons. The second-order valence-corrected chi connectivity index (χ2v) is 11.4. The Morgan fingerprint density at radius 3 is 2.60 bits per heavy atom. The molecule has 1 aliphatic rings. The fraction of sp³-hybridized carbons (Fsp3) is 0.364. The molecule has 6 rings (SSSR count). The number of ether oxygens (including phenoxy) is 2. The van der Waals surface area contributed by atoms with Gasteiger partial charge in [0.15, 0.2) is 0 Å². The van der Waals surface area contributed by atoms with E-state index in [0.717, 1.165) is 64.9 Å². The minimum Gasteiger partial charge on any atom is -0.496 e. The SMILES string of the molecule is CNC[C@]1(O)CC[C@@H](c2nc(-c3ccc(NC(=O)c4cc5c(OC)cccc5n4C)c(OC)c3)c3c(C)nccn32)CC1. The van der Waals surface area contributed by atoms with Crippen LogP contribution in [0.5, 0.6) is 11.5 Å². The molecule has 0 aliphatic heterocycles. The van der Waals surface area contributed by atoms with Crippen molar-refractivity contribution >= 4 is 28.0 Å². The Labute approximate surface area is 250 Å². The smallest absolute Gasteiger partial charge is 0.272 e. The monoisotopic (exact) mass is 582 g/mol. The zero-order valence-electron chi connectivity index (χ0n) is 25.3. The van der Waals surface area contributed by atoms with E-state index in [1.165, 1.54) is 0 Å². The summed E-state index contributed by atoms with van der Waals surface area (Å²) in [5.41, 5.74) is 4.79. The lowest BCUT2D eigenvalue weighted by Gasteiger charge is -2.35. The quantitative estimate of drug-likeness (QED) is 0.234. The highest BCUT2D eigenvalue weighted by molar-refractivity contribution is 6.08. The summed E-state index contributed by atoms with van der Waals surface area (Å²) in [5, 5.41) is 17.9. The number of imidazole rings is 1. The molecular weight excluding hydrogens is 544 g/mol. The van der Waals surface area contributed by atoms with E-state index in [4.69, 9.17) is 14.5 Å². The summed E-state index contributed by atoms with van der Waals surface area (Å²) in [4.78, 5) is 23.2. The number of nitrogens with one attached hydrogen (secondary N) is 2. The van der Waals surface area contributed by atoms with Crippen LogP contribution in [0, 0.1) is 6.92 Å². The first-order valence-corrected chi connectivity index (χ1v) is 14.6. The van der Waals surface area contributed by atoms with Gasteiger partial charge < -0.3 is 29.8 Å². The molecule has 5 aromatic rings. The Hall–Kier alpha value is -4.41. The molecule has 3 N–H and O–H groups in total. The van der Waals surface area contributed by atoms with Crippen molar-refractivity contribution in [1.82, 2.24) is 24.3 Å². The number of amides is 1. The number of carbonyl (C=O) groups excluding carboxylic acids is 1. The zero-order valence-corrected chi connectivity index (χ0v) is 25.3. The van der Waals surface area contributed by atoms with Crippen LogP contribution < -0.4 is 20.1 Å². The number of carbonyl (C=O) groups is 1. The van der Waals surface area contributed by atoms with Gasteiger partial charge in [0.1, 0.15) is 23.0 Å². The molecule has 224 valence electrons. The van der Waals surface area contributed by atoms with Crippen LogP contribution in [0.25, 0.3) is 27.7 Å². The third-order valence-electron chi connectivity index (χ3n) is 8.77. The molecule has 1 fully saturated rings. The number of likely N-dealkylation sites (N-methyl/N-ethyl adjacent to an activating group) is 1. The summed E-state index contributed by atoms with van der Waals surface area (Å²) < 4.78 is 15.2. The summed E-state index contributed by atoms with van der Waals surface area (Å²) in [7, 11) is 6.95. The van der Waals surface area contributed by atoms with Gasteiger partial charge >= 0.3 is 0 Å². The number of methoxy groups -OCH3 is 2. The second kappa shape index (κ2) is 11.3. The molecule has 1 aliphatic carbocycles. The van der Waals surface area contributed by atoms with Crippen molar-refractivity contribution in [2.45, 2.75) is 44.1 Å². The van der Waals surface area contributed by atoms with Crippen molar-refractivity contribution in [2.24, 2.45) is 7.05 Å². The number of hydrogen-bond donors (Lipinski definition) is 3. The molecule has 0 saturated heterocycles. The number of fused-ring (bicyclic) bond motifs is 2. The van der Waals surface area contributed by atoms with Gasteiger partial charge in [-0.1, -0.05) is 12.1 Å². The van der Waals surface area contributed by atoms with Gasteiger partial charge in [0.2, 0.25) is 0 Å². The van der Waals surface area contributed by atoms with Crippen LogP contribution in [-0.2, 0) is 7.05 Å². The largest absolute Gasteiger partial charge is 0.496 e. The summed E-state index contributed by atoms with van der Waals surface area (Å²) >= 11 is 0. The molecule has 10 heteroatoms. The van der Waals surface area contributed by atoms with Crippen LogP contribution in [0.15, 0.2) is 54.9 Å². The van der Waals surface area contributed by atoms with Gasteiger partial charge in [-0.2, -0.15) is 0 Å². The number of hydrogen-bond acceptors (Lipinski definition) is 7. The molecule has 3 aromatic heterocycles. The molecule has 0 spiro atoms. The molecule has 1 saturated carbocycles. The van der Waals surface area contributed by atoms with Crippen molar-refractivity contribution in [3.8, 4) is 22.8 Å². The Morgan fingerprint density at radius 1 is 1.12 bits per heavy atom. The number of aryl methyl sites for hydroxylation is 2. The highest BCUT2D eigenvalue weighted by Crippen LogP contribution is 2.40. The zero-order chi connectivity index (χ0) is 30.3. The lowest BCUT2D eigenvalue weighted by molar-refractivity contribution is 0.000956. The Bertz CT molecular complexity index is 1820. The average molecular weight is 583 g/mol. The maximum Gasteiger partial charge on any atom is 0.272 e. The van der Waals surface area contributed by atoms with E-state index in [-0.39, 0.29) is 11.8 Å². The molecule has 2 aromatic carbocycles. The van der Waals surface area contributed by atoms with E-state index < -0.39 is 5.60 Å². The van der Waals surface area contributed by atoms with E-state index in [0.29, 0.717) is 29.4 Å². The standard InChI is InChI=1S/C33H38N6O4/c1-20-30-29(37-31(39(30)16-15-35-20)21-11-13-33(41,14-12-21)19-34-2)22-9-10-24(28(17-22)43-5)36-32(40)26-18-23-25(38(26)3)7-6-8-27(23)42-4/h6-10,15-18,21,34,41H,11-14,19H2,1-5H3,(H,36,40)/t21-,33+. The van der Waals surface area contributed by atoms with Crippen LogP contribution in [0.4, 0.5) is 5.69 Å². The van der Waals surface area contributed by atoms with Crippen molar-refractivity contribution < 1.29 is 19.4 Å². The number of aliphatic hydroxyl groups is 1. The van der Waals surface area contributed by atoms with Crippen LogP contribution in [0.2, 0.25) is 0 Å². The maximum atomic E-state index is 13.4. The maximum absolute atomic E-state index is 13.4. The van der Waals surface area contributed by atoms with E-state index in [2.05, 4.69) is 20.0 Å². The fourth-order valence-electron chi connectivity index (χ4n) is 6.49. The first kappa shape index (κ1) is 28.7. The summed E-state index contributed by atoms with van der Waals surface area (Å²) in [6.45, 7) is 2.58. The number of anilines is 1. The van der Waals surface area contributed by atoms with Gasteiger partial charge in [-0.25, -0.2) is 4.98 Å². The molecule has 0 bridgehead atoms. The molecule has 3 heterocycles. The first-order chi connectivity index (χ1) is 20.8. The van der Waals surface area contributed by atoms with Gasteiger partial charge in [-0.3, -0.25) is 14.2 Å². The molecular formula is C33H38N6O4. The molecule has 0 unspecified atom stereocenters. The Kier molecular flexibility index (Phi) is 7.57. The fourth-order valence-corrected chi connectivity index (χ4v) is 6.49. The first-order valence-electron chi connectivity index (χ1n) is 14.6. The number of rotatable bonds is 8. The number of benzene rings is 2. The van der Waals surface area contributed by atoms with E-state index in [1.807, 2.05) is 74.2 Å². The van der Waals surface area contributed by atoms with Crippen molar-refractivity contribution in [1.29, 1.82) is 0 Å². The van der Waals surface area contributed by atoms with E-state index in [9.17, 15) is 9.90 Å². The minimum absolute atomic E-state index is 0.222. The van der Waals surface area contributed by atoms with Crippen LogP contribution in [0.1, 0.15) is 53.6 Å². The Balaban J connectivity index is 1.32. The van der Waals surface area contributed by atoms with Crippen molar-refractivity contribution in [3.63, 3.8) is 0 Å². The summed E-state index contributed by atoms with van der Waals surface area (Å²) in [6.07, 6.45) is 6.92. The van der Waals surface area contributed by atoms with Crippen LogP contribution >= 0.6 is 0 Å². The van der Waals surface area contributed by atoms with Crippen LogP contribution in [0.3, 0.4) is 0 Å². The summed E-state index contributed by atoms with van der Waals surface area (Å²) in [6, 6.07) is 13.3. The molecule has 43 heavy (non-hydrogen) atoms. The van der Waals surface area contributed by atoms with Gasteiger partial charge in [0.05, 0.1) is 47.9 Å². The average Bonchev–Trinajstić information content (AvgIpc) is 3.57. The minimum atomic E-state index is -0.676. The third kappa shape index (κ3) is 5.10. The highest BCUT2D eigenvalue weighted by Gasteiger charge is 2.35. The Morgan fingerprint density at radius 2 is 1.88 bits per heavy atom. The van der Waals surface area contributed by atoms with Gasteiger partial charge in [-0.15, -0.1) is 0 Å². The van der Waals surface area contributed by atoms with Crippen molar-refractivity contribution in [3.05, 3.63) is 72.1 Å². The van der Waals surface area contributed by atoms with E-state index >= 15 is 0 Å². The lowest BCUT2D eigenvalue weighted by atomic mass is 9.78. The van der Waals surface area contributed by atoms with Crippen molar-refractivity contribution in [2.75, 3.05) is 33.1 Å². The molecule has 1 amide bonds. The van der Waals surface area contributed by atoms with Crippen LogP contribution in [-0.4, -0.2) is 63.4 Å². The molecule has 10 nitrogen and oxygen atoms in total. The molecule has 0 atom stereocenters.